The van der Waals surface area contributed by atoms with Crippen LogP contribution in [0.4, 0.5) is 0 Å². The molecule has 0 spiro atoms. The highest BCUT2D eigenvalue weighted by atomic mass is 16.4. The van der Waals surface area contributed by atoms with Crippen LogP contribution < -0.4 is 0 Å². The first-order chi connectivity index (χ1) is 12.2. The Morgan fingerprint density at radius 2 is 1.56 bits per heavy atom. The summed E-state index contributed by atoms with van der Waals surface area (Å²) in [5, 5.41) is 18.3. The number of hydrogen-bond donors (Lipinski definition) is 2. The normalized spacial score (nSPS) is 14.0. The molecule has 0 saturated heterocycles. The van der Waals surface area contributed by atoms with Crippen LogP contribution >= 0.6 is 0 Å². The van der Waals surface area contributed by atoms with Crippen LogP contribution in [0.3, 0.4) is 0 Å². The third-order valence-corrected chi connectivity index (χ3v) is 3.50. The lowest BCUT2D eigenvalue weighted by molar-refractivity contribution is -0.136. The molecular formula is C22H34O3. The summed E-state index contributed by atoms with van der Waals surface area (Å²) in [7, 11) is 0. The highest BCUT2D eigenvalue weighted by Gasteiger charge is 1.93. The van der Waals surface area contributed by atoms with Crippen molar-refractivity contribution in [1.29, 1.82) is 0 Å². The first-order valence-electron chi connectivity index (χ1n) is 9.35. The van der Waals surface area contributed by atoms with Crippen LogP contribution in [-0.4, -0.2) is 22.3 Å². The first-order valence-corrected chi connectivity index (χ1v) is 9.35. The molecule has 0 fully saturated rings. The average Bonchev–Trinajstić information content (AvgIpc) is 2.58. The van der Waals surface area contributed by atoms with Crippen molar-refractivity contribution in [2.75, 3.05) is 0 Å². The van der Waals surface area contributed by atoms with E-state index in [0.29, 0.717) is 12.8 Å². The molecule has 0 aromatic heterocycles. The van der Waals surface area contributed by atoms with Crippen LogP contribution in [0.25, 0.3) is 0 Å². The molecule has 0 heterocycles. The second-order valence-corrected chi connectivity index (χ2v) is 5.93. The monoisotopic (exact) mass is 346 g/mol. The molecular weight excluding hydrogens is 312 g/mol. The van der Waals surface area contributed by atoms with Gasteiger partial charge in [-0.1, -0.05) is 80.5 Å². The predicted molar refractivity (Wildman–Crippen MR) is 107 cm³/mol. The minimum atomic E-state index is -0.759. The molecule has 0 bridgehead atoms. The minimum absolute atomic E-state index is 0.189. The number of aliphatic carboxylic acids is 1. The van der Waals surface area contributed by atoms with Gasteiger partial charge in [0.25, 0.3) is 0 Å². The lowest BCUT2D eigenvalue weighted by atomic mass is 10.2. The van der Waals surface area contributed by atoms with Gasteiger partial charge in [-0.3, -0.25) is 4.79 Å². The van der Waals surface area contributed by atoms with E-state index in [2.05, 4.69) is 25.2 Å². The number of carboxylic acids is 1. The lowest BCUT2D eigenvalue weighted by Crippen LogP contribution is -1.98. The summed E-state index contributed by atoms with van der Waals surface area (Å²) in [5.41, 5.74) is 0. The van der Waals surface area contributed by atoms with Gasteiger partial charge in [-0.25, -0.2) is 0 Å². The minimum Gasteiger partial charge on any atom is -0.481 e. The standard InChI is InChI=1S/C22H34O3/c1-2-3-4-5-9-12-15-18-21(23)19-16-13-10-7-6-8-11-14-17-20-22(24)25/h6-7,9,11-16,18,21,23H,2-5,8,10,17,19-20H2,1H3,(H,24,25)/b7-6+,12-9+,14-11+,16-13+,18-15+. The summed E-state index contributed by atoms with van der Waals surface area (Å²) in [6, 6.07) is 0. The molecule has 0 aromatic rings. The van der Waals surface area contributed by atoms with Gasteiger partial charge in [0, 0.05) is 6.42 Å². The van der Waals surface area contributed by atoms with Gasteiger partial charge in [0.2, 0.25) is 0 Å². The van der Waals surface area contributed by atoms with Crippen molar-refractivity contribution in [3.63, 3.8) is 0 Å². The topological polar surface area (TPSA) is 57.5 Å². The van der Waals surface area contributed by atoms with E-state index in [4.69, 9.17) is 5.11 Å². The van der Waals surface area contributed by atoms with Gasteiger partial charge in [-0.2, -0.15) is 0 Å². The van der Waals surface area contributed by atoms with Crippen molar-refractivity contribution in [2.45, 2.75) is 70.8 Å². The Labute approximate surface area is 153 Å². The molecule has 0 aliphatic rings. The molecule has 0 aromatic carbocycles. The highest BCUT2D eigenvalue weighted by Crippen LogP contribution is 2.01. The Kier molecular flexibility index (Phi) is 17.1. The van der Waals surface area contributed by atoms with Gasteiger partial charge >= 0.3 is 5.97 Å². The smallest absolute Gasteiger partial charge is 0.303 e. The van der Waals surface area contributed by atoms with E-state index in [0.717, 1.165) is 19.3 Å². The zero-order chi connectivity index (χ0) is 18.6. The fraction of sp³-hybridized carbons (Fsp3) is 0.500. The van der Waals surface area contributed by atoms with Crippen molar-refractivity contribution >= 4 is 5.97 Å². The predicted octanol–water partition coefficient (Wildman–Crippen LogP) is 5.74. The Bertz CT molecular complexity index is 456. The van der Waals surface area contributed by atoms with Gasteiger partial charge in [0.05, 0.1) is 6.10 Å². The molecule has 0 aliphatic carbocycles. The van der Waals surface area contributed by atoms with Crippen molar-refractivity contribution in [2.24, 2.45) is 0 Å². The number of aliphatic hydroxyl groups excluding tert-OH is 1. The SMILES string of the molecule is CCCCC/C=C/C=C/C(O)C/C=C/C/C=C/C/C=C/CCC(=O)O. The van der Waals surface area contributed by atoms with E-state index in [1.807, 2.05) is 42.5 Å². The van der Waals surface area contributed by atoms with Crippen LogP contribution in [0.15, 0.2) is 60.8 Å². The zero-order valence-electron chi connectivity index (χ0n) is 15.5. The highest BCUT2D eigenvalue weighted by molar-refractivity contribution is 5.66. The molecule has 140 valence electrons. The molecule has 25 heavy (non-hydrogen) atoms. The van der Waals surface area contributed by atoms with Crippen LogP contribution in [0, 0.1) is 0 Å². The van der Waals surface area contributed by atoms with Crippen LogP contribution in [0.1, 0.15) is 64.7 Å². The van der Waals surface area contributed by atoms with E-state index in [1.54, 1.807) is 0 Å². The molecule has 1 unspecified atom stereocenters. The summed E-state index contributed by atoms with van der Waals surface area (Å²) in [5.74, 6) is -0.759. The summed E-state index contributed by atoms with van der Waals surface area (Å²) in [4.78, 5) is 10.3. The maximum Gasteiger partial charge on any atom is 0.303 e. The number of aliphatic hydroxyl groups is 1. The first kappa shape index (κ1) is 23.1. The molecule has 3 nitrogen and oxygen atoms in total. The molecule has 0 aliphatic heterocycles. The molecule has 0 saturated carbocycles. The second kappa shape index (κ2) is 18.5. The molecule has 0 amide bonds. The van der Waals surface area contributed by atoms with E-state index in [9.17, 15) is 9.90 Å². The molecule has 3 heteroatoms. The van der Waals surface area contributed by atoms with Crippen LogP contribution in [0.2, 0.25) is 0 Å². The second-order valence-electron chi connectivity index (χ2n) is 5.93. The Balaban J connectivity index is 3.65. The van der Waals surface area contributed by atoms with Crippen LogP contribution in [-0.2, 0) is 4.79 Å². The van der Waals surface area contributed by atoms with Gasteiger partial charge in [0.1, 0.15) is 0 Å². The van der Waals surface area contributed by atoms with Gasteiger partial charge in [-0.05, 0) is 38.5 Å². The third kappa shape index (κ3) is 20.1. The summed E-state index contributed by atoms with van der Waals surface area (Å²) in [6.07, 6.45) is 27.4. The van der Waals surface area contributed by atoms with Crippen molar-refractivity contribution in [3.05, 3.63) is 60.8 Å². The van der Waals surface area contributed by atoms with Crippen molar-refractivity contribution < 1.29 is 15.0 Å². The summed E-state index contributed by atoms with van der Waals surface area (Å²) < 4.78 is 0. The molecule has 1 atom stereocenters. The fourth-order valence-electron chi connectivity index (χ4n) is 2.06. The number of carbonyl (C=O) groups is 1. The van der Waals surface area contributed by atoms with Crippen molar-refractivity contribution in [1.82, 2.24) is 0 Å². The van der Waals surface area contributed by atoms with Gasteiger partial charge < -0.3 is 10.2 Å². The lowest BCUT2D eigenvalue weighted by Gasteiger charge is -1.98. The Hall–Kier alpha value is -1.87. The Morgan fingerprint density at radius 1 is 0.880 bits per heavy atom. The van der Waals surface area contributed by atoms with E-state index >= 15 is 0 Å². The van der Waals surface area contributed by atoms with E-state index in [1.165, 1.54) is 19.3 Å². The number of rotatable bonds is 15. The van der Waals surface area contributed by atoms with Crippen LogP contribution in [0.5, 0.6) is 0 Å². The largest absolute Gasteiger partial charge is 0.481 e. The van der Waals surface area contributed by atoms with E-state index < -0.39 is 12.1 Å². The zero-order valence-corrected chi connectivity index (χ0v) is 15.5. The summed E-state index contributed by atoms with van der Waals surface area (Å²) >= 11 is 0. The quantitative estimate of drug-likeness (QED) is 0.226. The summed E-state index contributed by atoms with van der Waals surface area (Å²) in [6.45, 7) is 2.20. The number of carboxylic acid groups (broad SMARTS) is 1. The maximum absolute atomic E-state index is 10.3. The third-order valence-electron chi connectivity index (χ3n) is 3.50. The molecule has 0 radical (unpaired) electrons. The Morgan fingerprint density at radius 3 is 2.24 bits per heavy atom. The fourth-order valence-corrected chi connectivity index (χ4v) is 2.06. The van der Waals surface area contributed by atoms with E-state index in [-0.39, 0.29) is 6.42 Å². The average molecular weight is 347 g/mol. The number of allylic oxidation sites excluding steroid dienone is 8. The maximum atomic E-state index is 10.3. The number of hydrogen-bond acceptors (Lipinski definition) is 2. The van der Waals surface area contributed by atoms with Gasteiger partial charge in [0.15, 0.2) is 0 Å². The molecule has 0 rings (SSSR count). The molecule has 2 N–H and O–H groups in total. The van der Waals surface area contributed by atoms with Gasteiger partial charge in [-0.15, -0.1) is 0 Å². The van der Waals surface area contributed by atoms with Crippen molar-refractivity contribution in [3.8, 4) is 0 Å². The number of unbranched alkanes of at least 4 members (excludes halogenated alkanes) is 3.